The highest BCUT2D eigenvalue weighted by molar-refractivity contribution is 7.98. The van der Waals surface area contributed by atoms with Crippen molar-refractivity contribution >= 4 is 35.1 Å². The van der Waals surface area contributed by atoms with Crippen LogP contribution >= 0.6 is 23.4 Å². The molecule has 0 aliphatic carbocycles. The normalized spacial score (nSPS) is 10.5. The van der Waals surface area contributed by atoms with Crippen molar-refractivity contribution in [2.75, 3.05) is 0 Å². The lowest BCUT2D eigenvalue weighted by atomic mass is 10.1. The number of benzene rings is 2. The fourth-order valence-corrected chi connectivity index (χ4v) is 3.36. The number of carbonyl (C=O) groups excluding carboxylic acids is 2. The molecular formula is C21H17ClN2O3S. The van der Waals surface area contributed by atoms with Gasteiger partial charge in [-0.25, -0.2) is 14.8 Å². The first kappa shape index (κ1) is 20.0. The molecule has 3 rings (SSSR count). The van der Waals surface area contributed by atoms with Gasteiger partial charge >= 0.3 is 5.97 Å². The van der Waals surface area contributed by atoms with E-state index < -0.39 is 5.97 Å². The zero-order chi connectivity index (χ0) is 20.1. The average molecular weight is 413 g/mol. The molecule has 0 spiro atoms. The fourth-order valence-electron chi connectivity index (χ4n) is 2.42. The number of aromatic nitrogens is 2. The second-order valence-electron chi connectivity index (χ2n) is 6.05. The number of esters is 1. The van der Waals surface area contributed by atoms with Gasteiger partial charge in [0.25, 0.3) is 0 Å². The van der Waals surface area contributed by atoms with Crippen LogP contribution in [-0.2, 0) is 5.75 Å². The number of rotatable bonds is 6. The van der Waals surface area contributed by atoms with E-state index in [-0.39, 0.29) is 16.5 Å². The number of carbonyl (C=O) groups is 2. The Hall–Kier alpha value is -2.70. The summed E-state index contributed by atoms with van der Waals surface area (Å²) in [5.74, 6) is 0.290. The van der Waals surface area contributed by atoms with Gasteiger partial charge in [0.1, 0.15) is 5.75 Å². The molecule has 0 aliphatic rings. The van der Waals surface area contributed by atoms with Gasteiger partial charge in [0.05, 0.1) is 11.2 Å². The van der Waals surface area contributed by atoms with E-state index in [1.807, 2.05) is 30.3 Å². The SMILES string of the molecule is CC(=O)c1ccc(OC(=O)c2nc(SCc3ccccc3)ncc2Cl)c(C)c1. The van der Waals surface area contributed by atoms with E-state index in [4.69, 9.17) is 16.3 Å². The molecular weight excluding hydrogens is 396 g/mol. The van der Waals surface area contributed by atoms with Gasteiger partial charge in [-0.15, -0.1) is 0 Å². The highest BCUT2D eigenvalue weighted by atomic mass is 35.5. The van der Waals surface area contributed by atoms with Gasteiger partial charge in [0.2, 0.25) is 0 Å². The maximum atomic E-state index is 12.6. The Labute approximate surface area is 172 Å². The van der Waals surface area contributed by atoms with Crippen molar-refractivity contribution in [3.8, 4) is 5.75 Å². The number of aryl methyl sites for hydroxylation is 1. The quantitative estimate of drug-likeness (QED) is 0.183. The fraction of sp³-hybridized carbons (Fsp3) is 0.143. The molecule has 1 heterocycles. The molecule has 0 atom stereocenters. The van der Waals surface area contributed by atoms with Crippen molar-refractivity contribution < 1.29 is 14.3 Å². The number of halogens is 1. The molecule has 142 valence electrons. The lowest BCUT2D eigenvalue weighted by Crippen LogP contribution is -2.13. The molecule has 0 bridgehead atoms. The van der Waals surface area contributed by atoms with Gasteiger partial charge in [-0.3, -0.25) is 4.79 Å². The van der Waals surface area contributed by atoms with Crippen LogP contribution in [0, 0.1) is 6.92 Å². The minimum Gasteiger partial charge on any atom is -0.421 e. The molecule has 1 aromatic heterocycles. The summed E-state index contributed by atoms with van der Waals surface area (Å²) in [4.78, 5) is 32.4. The van der Waals surface area contributed by atoms with Crippen LogP contribution in [0.1, 0.15) is 38.9 Å². The molecule has 0 N–H and O–H groups in total. The van der Waals surface area contributed by atoms with Gasteiger partial charge in [0, 0.05) is 11.3 Å². The van der Waals surface area contributed by atoms with Crippen molar-refractivity contribution in [3.63, 3.8) is 0 Å². The first-order valence-electron chi connectivity index (χ1n) is 8.47. The number of ketones is 1. The van der Waals surface area contributed by atoms with E-state index in [0.29, 0.717) is 27.8 Å². The number of hydrogen-bond acceptors (Lipinski definition) is 6. The number of nitrogens with zero attached hydrogens (tertiary/aromatic N) is 2. The highest BCUT2D eigenvalue weighted by Gasteiger charge is 2.18. The van der Waals surface area contributed by atoms with E-state index in [2.05, 4.69) is 9.97 Å². The summed E-state index contributed by atoms with van der Waals surface area (Å²) in [5, 5.41) is 0.552. The Morgan fingerprint density at radius 3 is 2.57 bits per heavy atom. The van der Waals surface area contributed by atoms with Crippen LogP contribution in [-0.4, -0.2) is 21.7 Å². The first-order valence-corrected chi connectivity index (χ1v) is 9.83. The Balaban J connectivity index is 1.75. The van der Waals surface area contributed by atoms with Crippen LogP contribution in [0.2, 0.25) is 5.02 Å². The predicted octanol–water partition coefficient (Wildman–Crippen LogP) is 5.15. The minimum atomic E-state index is -0.673. The number of thioether (sulfide) groups is 1. The zero-order valence-corrected chi connectivity index (χ0v) is 16.9. The van der Waals surface area contributed by atoms with E-state index in [0.717, 1.165) is 5.56 Å². The minimum absolute atomic E-state index is 0.00210. The molecule has 3 aromatic rings. The molecule has 28 heavy (non-hydrogen) atoms. The third-order valence-electron chi connectivity index (χ3n) is 3.91. The first-order chi connectivity index (χ1) is 13.4. The second kappa shape index (κ2) is 8.99. The van der Waals surface area contributed by atoms with Gasteiger partial charge in [-0.1, -0.05) is 53.7 Å². The summed E-state index contributed by atoms with van der Waals surface area (Å²) in [7, 11) is 0. The Kier molecular flexibility index (Phi) is 6.44. The van der Waals surface area contributed by atoms with Crippen LogP contribution in [0.5, 0.6) is 5.75 Å². The number of hydrogen-bond donors (Lipinski definition) is 0. The summed E-state index contributed by atoms with van der Waals surface area (Å²) >= 11 is 7.50. The Morgan fingerprint density at radius 1 is 1.14 bits per heavy atom. The van der Waals surface area contributed by atoms with Crippen molar-refractivity contribution in [2.24, 2.45) is 0 Å². The summed E-state index contributed by atoms with van der Waals surface area (Å²) in [6.45, 7) is 3.24. The third kappa shape index (κ3) is 4.97. The zero-order valence-electron chi connectivity index (χ0n) is 15.3. The smallest absolute Gasteiger partial charge is 0.364 e. The second-order valence-corrected chi connectivity index (χ2v) is 7.40. The van der Waals surface area contributed by atoms with Crippen molar-refractivity contribution in [1.29, 1.82) is 0 Å². The number of Topliss-reactive ketones (excluding diaryl/α,β-unsaturated/α-hetero) is 1. The van der Waals surface area contributed by atoms with Crippen molar-refractivity contribution in [2.45, 2.75) is 24.8 Å². The van der Waals surface area contributed by atoms with Crippen LogP contribution in [0.15, 0.2) is 59.9 Å². The molecule has 0 amide bonds. The van der Waals surface area contributed by atoms with Crippen molar-refractivity contribution in [1.82, 2.24) is 9.97 Å². The summed E-state index contributed by atoms with van der Waals surface area (Å²) in [5.41, 5.74) is 2.35. The van der Waals surface area contributed by atoms with Crippen LogP contribution in [0.25, 0.3) is 0 Å². The van der Waals surface area contributed by atoms with Gasteiger partial charge in [-0.2, -0.15) is 0 Å². The standard InChI is InChI=1S/C21H17ClN2O3S/c1-13-10-16(14(2)25)8-9-18(13)27-20(26)19-17(22)11-23-21(24-19)28-12-15-6-4-3-5-7-15/h3-11H,12H2,1-2H3. The largest absolute Gasteiger partial charge is 0.421 e. The van der Waals surface area contributed by atoms with Crippen LogP contribution in [0.4, 0.5) is 0 Å². The molecule has 0 unspecified atom stereocenters. The Morgan fingerprint density at radius 2 is 1.89 bits per heavy atom. The third-order valence-corrected chi connectivity index (χ3v) is 5.12. The molecule has 2 aromatic carbocycles. The molecule has 5 nitrogen and oxygen atoms in total. The topological polar surface area (TPSA) is 69.2 Å². The van der Waals surface area contributed by atoms with Gasteiger partial charge in [0.15, 0.2) is 16.6 Å². The predicted molar refractivity (Wildman–Crippen MR) is 109 cm³/mol. The van der Waals surface area contributed by atoms with Gasteiger partial charge < -0.3 is 4.74 Å². The van der Waals surface area contributed by atoms with E-state index >= 15 is 0 Å². The highest BCUT2D eigenvalue weighted by Crippen LogP contribution is 2.24. The lowest BCUT2D eigenvalue weighted by molar-refractivity contribution is 0.0726. The van der Waals surface area contributed by atoms with Gasteiger partial charge in [-0.05, 0) is 43.2 Å². The number of ether oxygens (including phenoxy) is 1. The maximum absolute atomic E-state index is 12.6. The summed E-state index contributed by atoms with van der Waals surface area (Å²) in [6, 6.07) is 14.8. The molecule has 7 heteroatoms. The Bertz CT molecular complexity index is 1030. The van der Waals surface area contributed by atoms with E-state index in [1.165, 1.54) is 24.9 Å². The summed E-state index contributed by atoms with van der Waals surface area (Å²) in [6.07, 6.45) is 1.39. The van der Waals surface area contributed by atoms with Crippen LogP contribution < -0.4 is 4.74 Å². The van der Waals surface area contributed by atoms with Crippen molar-refractivity contribution in [3.05, 3.63) is 82.1 Å². The lowest BCUT2D eigenvalue weighted by Gasteiger charge is -2.09. The molecule has 0 saturated heterocycles. The monoisotopic (exact) mass is 412 g/mol. The van der Waals surface area contributed by atoms with Crippen LogP contribution in [0.3, 0.4) is 0 Å². The molecule has 0 fully saturated rings. The molecule has 0 radical (unpaired) electrons. The van der Waals surface area contributed by atoms with E-state index in [9.17, 15) is 9.59 Å². The average Bonchev–Trinajstić information content (AvgIpc) is 2.69. The van der Waals surface area contributed by atoms with E-state index in [1.54, 1.807) is 25.1 Å². The summed E-state index contributed by atoms with van der Waals surface area (Å²) < 4.78 is 5.43. The molecule has 0 saturated carbocycles. The molecule has 0 aliphatic heterocycles. The maximum Gasteiger partial charge on any atom is 0.364 e.